The topological polar surface area (TPSA) is 81.9 Å². The third kappa shape index (κ3) is 6.00. The van der Waals surface area contributed by atoms with Gasteiger partial charge in [0.2, 0.25) is 0 Å². The van der Waals surface area contributed by atoms with Crippen LogP contribution < -0.4 is 9.47 Å². The number of thiocarbonyl (C=S) groups is 1. The van der Waals surface area contributed by atoms with Gasteiger partial charge in [-0.2, -0.15) is 0 Å². The number of non-ortho nitro benzene ring substituents is 1. The first kappa shape index (κ1) is 23.5. The summed E-state index contributed by atoms with van der Waals surface area (Å²) in [4.78, 5) is 25.3. The molecule has 0 radical (unpaired) electrons. The number of thioether (sulfide) groups is 1. The van der Waals surface area contributed by atoms with Gasteiger partial charge in [0.25, 0.3) is 11.6 Å². The van der Waals surface area contributed by atoms with Crippen LogP contribution in [0.2, 0.25) is 0 Å². The molecule has 0 N–H and O–H groups in total. The van der Waals surface area contributed by atoms with Gasteiger partial charge in [-0.05, 0) is 41.5 Å². The van der Waals surface area contributed by atoms with Crippen molar-refractivity contribution >= 4 is 46.0 Å². The summed E-state index contributed by atoms with van der Waals surface area (Å²) in [6.45, 7) is 1.01. The summed E-state index contributed by atoms with van der Waals surface area (Å²) in [6.07, 6.45) is 1.81. The standard InChI is InChI=1S/C25H20N2O5S2/c28-24-23(34-25(33)26(24)17-18-5-2-1-3-6-18)16-19-7-4-8-22(15-19)32-14-13-31-21-11-9-20(10-12-21)27(29)30/h1-12,15-16H,13-14,17H2/b23-16-. The number of hydrogen-bond donors (Lipinski definition) is 0. The summed E-state index contributed by atoms with van der Waals surface area (Å²) >= 11 is 6.71. The first-order chi connectivity index (χ1) is 16.5. The van der Waals surface area contributed by atoms with Crippen molar-refractivity contribution in [3.05, 3.63) is 105 Å². The molecule has 1 fully saturated rings. The summed E-state index contributed by atoms with van der Waals surface area (Å²) < 4.78 is 11.8. The molecule has 4 rings (SSSR count). The Bertz CT molecular complexity index is 1230. The zero-order valence-electron chi connectivity index (χ0n) is 18.0. The monoisotopic (exact) mass is 492 g/mol. The molecule has 1 amide bonds. The lowest BCUT2D eigenvalue weighted by molar-refractivity contribution is -0.384. The molecule has 0 aliphatic carbocycles. The van der Waals surface area contributed by atoms with E-state index in [4.69, 9.17) is 21.7 Å². The van der Waals surface area contributed by atoms with Crippen molar-refractivity contribution in [1.82, 2.24) is 4.90 Å². The third-order valence-electron chi connectivity index (χ3n) is 4.88. The van der Waals surface area contributed by atoms with Gasteiger partial charge in [-0.3, -0.25) is 19.8 Å². The number of nitrogens with zero attached hydrogens (tertiary/aromatic N) is 2. The van der Waals surface area contributed by atoms with Crippen LogP contribution in [0.5, 0.6) is 11.5 Å². The van der Waals surface area contributed by atoms with Gasteiger partial charge < -0.3 is 9.47 Å². The average molecular weight is 493 g/mol. The minimum absolute atomic E-state index is 0.0115. The van der Waals surface area contributed by atoms with E-state index in [1.807, 2.05) is 60.7 Å². The zero-order valence-corrected chi connectivity index (χ0v) is 19.6. The fourth-order valence-electron chi connectivity index (χ4n) is 3.23. The van der Waals surface area contributed by atoms with E-state index in [9.17, 15) is 14.9 Å². The molecule has 7 nitrogen and oxygen atoms in total. The van der Waals surface area contributed by atoms with Crippen molar-refractivity contribution in [2.24, 2.45) is 0 Å². The predicted molar refractivity (Wildman–Crippen MR) is 136 cm³/mol. The van der Waals surface area contributed by atoms with Crippen LogP contribution in [0.1, 0.15) is 11.1 Å². The lowest BCUT2D eigenvalue weighted by Crippen LogP contribution is -2.27. The number of carbonyl (C=O) groups is 1. The first-order valence-electron chi connectivity index (χ1n) is 10.4. The van der Waals surface area contributed by atoms with Gasteiger partial charge in [-0.25, -0.2) is 0 Å². The highest BCUT2D eigenvalue weighted by Crippen LogP contribution is 2.34. The van der Waals surface area contributed by atoms with Crippen LogP contribution in [0.15, 0.2) is 83.8 Å². The second-order valence-electron chi connectivity index (χ2n) is 7.27. The van der Waals surface area contributed by atoms with Crippen molar-refractivity contribution in [3.8, 4) is 11.5 Å². The lowest BCUT2D eigenvalue weighted by atomic mass is 10.2. The molecule has 172 valence electrons. The number of carbonyl (C=O) groups excluding carboxylic acids is 1. The van der Waals surface area contributed by atoms with E-state index in [-0.39, 0.29) is 18.2 Å². The molecule has 1 aliphatic rings. The largest absolute Gasteiger partial charge is 0.490 e. The normalized spacial score (nSPS) is 14.5. The summed E-state index contributed by atoms with van der Waals surface area (Å²) in [5.74, 6) is 1.06. The van der Waals surface area contributed by atoms with Crippen LogP contribution in [0.4, 0.5) is 5.69 Å². The molecular weight excluding hydrogens is 472 g/mol. The molecule has 1 saturated heterocycles. The second-order valence-corrected chi connectivity index (χ2v) is 8.95. The van der Waals surface area contributed by atoms with Crippen molar-refractivity contribution in [1.29, 1.82) is 0 Å². The van der Waals surface area contributed by atoms with Crippen molar-refractivity contribution in [2.45, 2.75) is 6.54 Å². The number of amides is 1. The Labute approximate surface area is 206 Å². The zero-order chi connectivity index (χ0) is 23.9. The Kier molecular flexibility index (Phi) is 7.56. The molecule has 0 atom stereocenters. The van der Waals surface area contributed by atoms with E-state index in [0.29, 0.717) is 33.9 Å². The van der Waals surface area contributed by atoms with Gasteiger partial charge in [0.05, 0.1) is 16.4 Å². The summed E-state index contributed by atoms with van der Waals surface area (Å²) in [7, 11) is 0. The van der Waals surface area contributed by atoms with Crippen molar-refractivity contribution in [2.75, 3.05) is 13.2 Å². The minimum atomic E-state index is -0.457. The molecule has 0 saturated carbocycles. The molecule has 9 heteroatoms. The predicted octanol–water partition coefficient (Wildman–Crippen LogP) is 5.45. The number of nitro groups is 1. The number of benzene rings is 3. The fraction of sp³-hybridized carbons (Fsp3) is 0.120. The molecule has 34 heavy (non-hydrogen) atoms. The Hall–Kier alpha value is -3.69. The molecule has 0 unspecified atom stereocenters. The highest BCUT2D eigenvalue weighted by molar-refractivity contribution is 8.26. The van der Waals surface area contributed by atoms with Gasteiger partial charge >= 0.3 is 0 Å². The average Bonchev–Trinajstić information content (AvgIpc) is 3.10. The van der Waals surface area contributed by atoms with Crippen LogP contribution in [-0.2, 0) is 11.3 Å². The lowest BCUT2D eigenvalue weighted by Gasteiger charge is -2.14. The molecule has 0 bridgehead atoms. The van der Waals surface area contributed by atoms with Crippen LogP contribution >= 0.6 is 24.0 Å². The summed E-state index contributed by atoms with van der Waals surface area (Å²) in [6, 6.07) is 23.0. The third-order valence-corrected chi connectivity index (χ3v) is 6.26. The van der Waals surface area contributed by atoms with Gasteiger partial charge in [-0.15, -0.1) is 0 Å². The van der Waals surface area contributed by atoms with Crippen molar-refractivity contribution in [3.63, 3.8) is 0 Å². The quantitative estimate of drug-likeness (QED) is 0.129. The van der Waals surface area contributed by atoms with Crippen LogP contribution in [0.3, 0.4) is 0 Å². The van der Waals surface area contributed by atoms with Crippen LogP contribution in [0, 0.1) is 10.1 Å². The number of nitro benzene ring substituents is 1. The summed E-state index contributed by atoms with van der Waals surface area (Å²) in [5.41, 5.74) is 1.86. The maximum Gasteiger partial charge on any atom is 0.269 e. The van der Waals surface area contributed by atoms with Crippen LogP contribution in [-0.4, -0.2) is 33.3 Å². The van der Waals surface area contributed by atoms with E-state index in [1.165, 1.54) is 23.9 Å². The van der Waals surface area contributed by atoms with Crippen LogP contribution in [0.25, 0.3) is 6.08 Å². The van der Waals surface area contributed by atoms with Crippen molar-refractivity contribution < 1.29 is 19.2 Å². The van der Waals surface area contributed by atoms with E-state index >= 15 is 0 Å². The van der Waals surface area contributed by atoms with E-state index < -0.39 is 4.92 Å². The second kappa shape index (κ2) is 11.0. The first-order valence-corrected chi connectivity index (χ1v) is 11.6. The highest BCUT2D eigenvalue weighted by atomic mass is 32.2. The minimum Gasteiger partial charge on any atom is -0.490 e. The number of ether oxygens (including phenoxy) is 2. The molecule has 3 aromatic carbocycles. The highest BCUT2D eigenvalue weighted by Gasteiger charge is 2.31. The maximum atomic E-state index is 12.9. The number of hydrogen-bond acceptors (Lipinski definition) is 7. The SMILES string of the molecule is O=C1/C(=C/c2cccc(OCCOc3ccc([N+](=O)[O-])cc3)c2)SC(=S)N1Cc1ccccc1. The van der Waals surface area contributed by atoms with E-state index in [2.05, 4.69) is 0 Å². The Morgan fingerprint density at radius 2 is 1.65 bits per heavy atom. The van der Waals surface area contributed by atoms with E-state index in [1.54, 1.807) is 17.0 Å². The summed E-state index contributed by atoms with van der Waals surface area (Å²) in [5, 5.41) is 10.7. The molecule has 0 spiro atoms. The smallest absolute Gasteiger partial charge is 0.269 e. The maximum absolute atomic E-state index is 12.9. The fourth-order valence-corrected chi connectivity index (χ4v) is 4.49. The van der Waals surface area contributed by atoms with Gasteiger partial charge in [0, 0.05) is 12.1 Å². The Morgan fingerprint density at radius 3 is 2.35 bits per heavy atom. The van der Waals surface area contributed by atoms with Gasteiger partial charge in [0.15, 0.2) is 0 Å². The van der Waals surface area contributed by atoms with E-state index in [0.717, 1.165) is 11.1 Å². The molecule has 1 heterocycles. The Morgan fingerprint density at radius 1 is 0.941 bits per heavy atom. The molecule has 0 aromatic heterocycles. The molecule has 1 aliphatic heterocycles. The molecular formula is C25H20N2O5S2. The van der Waals surface area contributed by atoms with Gasteiger partial charge in [-0.1, -0.05) is 66.4 Å². The molecule has 3 aromatic rings. The Balaban J connectivity index is 1.32. The number of rotatable bonds is 9. The van der Waals surface area contributed by atoms with Gasteiger partial charge in [0.1, 0.15) is 29.0 Å².